The number of allylic oxidation sites excluding steroid dienone is 1. The van der Waals surface area contributed by atoms with Gasteiger partial charge in [-0.05, 0) is 24.8 Å². The van der Waals surface area contributed by atoms with Crippen molar-refractivity contribution >= 4 is 5.91 Å². The van der Waals surface area contributed by atoms with E-state index in [-0.39, 0.29) is 5.91 Å². The highest BCUT2D eigenvalue weighted by atomic mass is 16.1. The summed E-state index contributed by atoms with van der Waals surface area (Å²) in [7, 11) is 0. The fourth-order valence-electron chi connectivity index (χ4n) is 1.89. The van der Waals surface area contributed by atoms with Crippen molar-refractivity contribution in [2.45, 2.75) is 78.6 Å². The molecule has 2 nitrogen and oxygen atoms in total. The second kappa shape index (κ2) is 13.6. The Labute approximate surface area is 120 Å². The molecule has 0 aliphatic carbocycles. The van der Waals surface area contributed by atoms with E-state index in [0.717, 1.165) is 19.4 Å². The van der Waals surface area contributed by atoms with E-state index in [1.165, 1.54) is 44.9 Å². The monoisotopic (exact) mass is 267 g/mol. The number of rotatable bonds is 12. The highest BCUT2D eigenvalue weighted by molar-refractivity contribution is 5.87. The summed E-state index contributed by atoms with van der Waals surface area (Å²) in [5.41, 5.74) is 0. The van der Waals surface area contributed by atoms with Gasteiger partial charge in [0.15, 0.2) is 0 Å². The Balaban J connectivity index is 3.35. The first-order valence-electron chi connectivity index (χ1n) is 8.15. The van der Waals surface area contributed by atoms with Crippen molar-refractivity contribution in [1.82, 2.24) is 5.32 Å². The molecule has 112 valence electrons. The van der Waals surface area contributed by atoms with E-state index in [1.807, 2.05) is 6.08 Å². The number of hydrogen-bond acceptors (Lipinski definition) is 1. The number of carbonyl (C=O) groups is 1. The van der Waals surface area contributed by atoms with Gasteiger partial charge < -0.3 is 5.32 Å². The van der Waals surface area contributed by atoms with Gasteiger partial charge in [0.2, 0.25) is 5.91 Å². The molecule has 0 fully saturated rings. The molecule has 0 heterocycles. The molecule has 0 radical (unpaired) electrons. The van der Waals surface area contributed by atoms with Crippen LogP contribution in [-0.2, 0) is 4.79 Å². The second-order valence-electron chi connectivity index (χ2n) is 5.57. The molecule has 1 atom stereocenters. The van der Waals surface area contributed by atoms with Crippen molar-refractivity contribution in [3.05, 3.63) is 12.2 Å². The third kappa shape index (κ3) is 13.4. The molecule has 0 aromatic carbocycles. The van der Waals surface area contributed by atoms with Crippen LogP contribution < -0.4 is 5.32 Å². The van der Waals surface area contributed by atoms with Crippen LogP contribution in [0.15, 0.2) is 12.2 Å². The summed E-state index contributed by atoms with van der Waals surface area (Å²) in [5, 5.41) is 2.93. The fraction of sp³-hybridized carbons (Fsp3) is 0.824. The number of nitrogens with one attached hydrogen (secondary N) is 1. The third-order valence-electron chi connectivity index (χ3n) is 3.57. The van der Waals surface area contributed by atoms with Crippen LogP contribution >= 0.6 is 0 Å². The summed E-state index contributed by atoms with van der Waals surface area (Å²) < 4.78 is 0. The van der Waals surface area contributed by atoms with E-state index in [2.05, 4.69) is 26.1 Å². The molecule has 0 saturated heterocycles. The van der Waals surface area contributed by atoms with Crippen molar-refractivity contribution < 1.29 is 4.79 Å². The second-order valence-corrected chi connectivity index (χ2v) is 5.57. The zero-order valence-electron chi connectivity index (χ0n) is 13.2. The third-order valence-corrected chi connectivity index (χ3v) is 3.57. The molecule has 1 unspecified atom stereocenters. The van der Waals surface area contributed by atoms with Gasteiger partial charge in [-0.1, -0.05) is 71.8 Å². The number of carbonyl (C=O) groups excluding carboxylic acids is 1. The van der Waals surface area contributed by atoms with E-state index in [1.54, 1.807) is 6.08 Å². The average molecular weight is 267 g/mol. The van der Waals surface area contributed by atoms with Crippen molar-refractivity contribution in [2.24, 2.45) is 5.92 Å². The van der Waals surface area contributed by atoms with Crippen LogP contribution in [-0.4, -0.2) is 12.5 Å². The lowest BCUT2D eigenvalue weighted by atomic mass is 10.1. The minimum absolute atomic E-state index is 0.0586. The number of hydrogen-bond donors (Lipinski definition) is 1. The van der Waals surface area contributed by atoms with Crippen LogP contribution in [0.4, 0.5) is 0 Å². The fourth-order valence-corrected chi connectivity index (χ4v) is 1.89. The molecule has 0 aliphatic rings. The largest absolute Gasteiger partial charge is 0.352 e. The summed E-state index contributed by atoms with van der Waals surface area (Å²) in [5.74, 6) is 0.628. The average Bonchev–Trinajstić information content (AvgIpc) is 2.42. The van der Waals surface area contributed by atoms with Crippen LogP contribution in [0.2, 0.25) is 0 Å². The Morgan fingerprint density at radius 2 is 1.68 bits per heavy atom. The standard InChI is InChI=1S/C17H33NO/c1-4-6-7-8-9-10-11-12-13-14-17(19)18-15-16(3)5-2/h13-14,16H,4-12,15H2,1-3H3,(H,18,19)/b14-13+. The molecule has 0 spiro atoms. The van der Waals surface area contributed by atoms with E-state index < -0.39 is 0 Å². The molecule has 2 heteroatoms. The minimum atomic E-state index is 0.0586. The van der Waals surface area contributed by atoms with Crippen molar-refractivity contribution in [3.8, 4) is 0 Å². The van der Waals surface area contributed by atoms with Crippen molar-refractivity contribution in [1.29, 1.82) is 0 Å². The zero-order chi connectivity index (χ0) is 14.3. The van der Waals surface area contributed by atoms with Crippen molar-refractivity contribution in [3.63, 3.8) is 0 Å². The van der Waals surface area contributed by atoms with Crippen LogP contribution in [0.1, 0.15) is 78.6 Å². The van der Waals surface area contributed by atoms with Gasteiger partial charge in [-0.15, -0.1) is 0 Å². The van der Waals surface area contributed by atoms with Crippen LogP contribution in [0.25, 0.3) is 0 Å². The predicted octanol–water partition coefficient (Wildman–Crippen LogP) is 4.85. The first kappa shape index (κ1) is 18.2. The van der Waals surface area contributed by atoms with E-state index in [9.17, 15) is 4.79 Å². The summed E-state index contributed by atoms with van der Waals surface area (Å²) in [6.45, 7) is 7.34. The minimum Gasteiger partial charge on any atom is -0.352 e. The van der Waals surface area contributed by atoms with Crippen LogP contribution in [0, 0.1) is 5.92 Å². The lowest BCUT2D eigenvalue weighted by molar-refractivity contribution is -0.116. The molecule has 0 bridgehead atoms. The Morgan fingerprint density at radius 1 is 1.05 bits per heavy atom. The van der Waals surface area contributed by atoms with E-state index in [4.69, 9.17) is 0 Å². The van der Waals surface area contributed by atoms with Gasteiger partial charge in [0, 0.05) is 6.54 Å². The van der Waals surface area contributed by atoms with Crippen LogP contribution in [0.3, 0.4) is 0 Å². The van der Waals surface area contributed by atoms with Gasteiger partial charge in [-0.25, -0.2) is 0 Å². The molecular formula is C17H33NO. The van der Waals surface area contributed by atoms with Gasteiger partial charge in [0.05, 0.1) is 0 Å². The van der Waals surface area contributed by atoms with Gasteiger partial charge in [0.25, 0.3) is 0 Å². The molecule has 0 aliphatic heterocycles. The molecule has 19 heavy (non-hydrogen) atoms. The Hall–Kier alpha value is -0.790. The maximum atomic E-state index is 11.5. The molecule has 0 aromatic rings. The van der Waals surface area contributed by atoms with Gasteiger partial charge >= 0.3 is 0 Å². The summed E-state index contributed by atoms with van der Waals surface area (Å²) >= 11 is 0. The van der Waals surface area contributed by atoms with Gasteiger partial charge in [-0.2, -0.15) is 0 Å². The van der Waals surface area contributed by atoms with Gasteiger partial charge in [-0.3, -0.25) is 4.79 Å². The quantitative estimate of drug-likeness (QED) is 0.397. The summed E-state index contributed by atoms with van der Waals surface area (Å²) in [6.07, 6.45) is 15.1. The normalized spacial score (nSPS) is 12.8. The first-order valence-corrected chi connectivity index (χ1v) is 8.15. The SMILES string of the molecule is CCCCCCCCC/C=C/C(=O)NCC(C)CC. The smallest absolute Gasteiger partial charge is 0.243 e. The Morgan fingerprint density at radius 3 is 2.32 bits per heavy atom. The lowest BCUT2D eigenvalue weighted by Gasteiger charge is -2.07. The molecule has 0 aromatic heterocycles. The molecule has 1 N–H and O–H groups in total. The van der Waals surface area contributed by atoms with Crippen molar-refractivity contribution in [2.75, 3.05) is 6.54 Å². The van der Waals surface area contributed by atoms with E-state index in [0.29, 0.717) is 5.92 Å². The molecular weight excluding hydrogens is 234 g/mol. The van der Waals surface area contributed by atoms with E-state index >= 15 is 0 Å². The van der Waals surface area contributed by atoms with Gasteiger partial charge in [0.1, 0.15) is 0 Å². The lowest BCUT2D eigenvalue weighted by Crippen LogP contribution is -2.26. The maximum absolute atomic E-state index is 11.5. The highest BCUT2D eigenvalue weighted by Crippen LogP contribution is 2.08. The maximum Gasteiger partial charge on any atom is 0.243 e. The van der Waals surface area contributed by atoms with Crippen LogP contribution in [0.5, 0.6) is 0 Å². The summed E-state index contributed by atoms with van der Waals surface area (Å²) in [6, 6.07) is 0. The Bertz CT molecular complexity index is 235. The first-order chi connectivity index (χ1) is 9.20. The Kier molecular flexibility index (Phi) is 13.1. The molecule has 0 rings (SSSR count). The molecule has 0 saturated carbocycles. The molecule has 1 amide bonds. The number of amides is 1. The topological polar surface area (TPSA) is 29.1 Å². The predicted molar refractivity (Wildman–Crippen MR) is 84.2 cm³/mol. The number of unbranched alkanes of at least 4 members (excludes halogenated alkanes) is 7. The summed E-state index contributed by atoms with van der Waals surface area (Å²) in [4.78, 5) is 11.5. The highest BCUT2D eigenvalue weighted by Gasteiger charge is 1.99. The zero-order valence-corrected chi connectivity index (χ0v) is 13.2.